The normalized spacial score (nSPS) is 33.2. The Balaban J connectivity index is 2.65. The summed E-state index contributed by atoms with van der Waals surface area (Å²) >= 11 is 17.5. The van der Waals surface area contributed by atoms with Gasteiger partial charge < -0.3 is 0 Å². The first kappa shape index (κ1) is 13.8. The Morgan fingerprint density at radius 2 is 1.93 bits per heavy atom. The summed E-state index contributed by atoms with van der Waals surface area (Å²) in [6, 6.07) is 0. The van der Waals surface area contributed by atoms with E-state index in [2.05, 4.69) is 61.4 Å². The quantitative estimate of drug-likeness (QED) is 0.664. The maximum Gasteiger partial charge on any atom is 0.0374 e. The third kappa shape index (κ3) is 3.37. The van der Waals surface area contributed by atoms with Gasteiger partial charge >= 0.3 is 0 Å². The van der Waals surface area contributed by atoms with Crippen LogP contribution in [0.2, 0.25) is 0 Å². The lowest BCUT2D eigenvalue weighted by atomic mass is 10.0. The fraction of sp³-hybridized carbons (Fsp3) is 1.00. The van der Waals surface area contributed by atoms with Crippen LogP contribution >= 0.6 is 61.4 Å². The van der Waals surface area contributed by atoms with E-state index < -0.39 is 0 Å². The van der Waals surface area contributed by atoms with Gasteiger partial charge in [0.25, 0.3) is 0 Å². The van der Waals surface area contributed by atoms with Gasteiger partial charge in [-0.25, -0.2) is 0 Å². The van der Waals surface area contributed by atoms with E-state index >= 15 is 0 Å². The Kier molecular flexibility index (Phi) is 7.05. The van der Waals surface area contributed by atoms with Gasteiger partial charge in [0.2, 0.25) is 0 Å². The molecule has 1 saturated heterocycles. The van der Waals surface area contributed by atoms with Crippen molar-refractivity contribution in [3.05, 3.63) is 0 Å². The van der Waals surface area contributed by atoms with Crippen LogP contribution in [0.3, 0.4) is 0 Å². The molecule has 0 spiro atoms. The summed E-state index contributed by atoms with van der Waals surface area (Å²) in [5, 5.41) is 0.725. The standard InChI is InChI=1S/C9H18S5/c10-3-1-8-9(7-12,2-4-11)14-6-5-13-8/h8,10-12H,1-7H2. The predicted octanol–water partition coefficient (Wildman–Crippen LogP) is 3.14. The molecule has 14 heavy (non-hydrogen) atoms. The molecule has 0 bridgehead atoms. The van der Waals surface area contributed by atoms with Gasteiger partial charge in [-0.3, -0.25) is 0 Å². The third-order valence-corrected chi connectivity index (χ3v) is 7.39. The minimum absolute atomic E-state index is 0.358. The largest absolute Gasteiger partial charge is 0.179 e. The van der Waals surface area contributed by atoms with Crippen molar-refractivity contribution in [2.24, 2.45) is 0 Å². The Hall–Kier alpha value is 1.75. The predicted molar refractivity (Wildman–Crippen MR) is 82.2 cm³/mol. The maximum absolute atomic E-state index is 4.54. The van der Waals surface area contributed by atoms with Gasteiger partial charge in [0.05, 0.1) is 0 Å². The molecule has 0 nitrogen and oxygen atoms in total. The molecule has 84 valence electrons. The summed E-state index contributed by atoms with van der Waals surface area (Å²) in [7, 11) is 0. The average molecular weight is 287 g/mol. The summed E-state index contributed by atoms with van der Waals surface area (Å²) in [6.45, 7) is 0. The fourth-order valence-electron chi connectivity index (χ4n) is 1.79. The molecule has 0 saturated carbocycles. The molecule has 2 atom stereocenters. The van der Waals surface area contributed by atoms with E-state index in [4.69, 9.17) is 0 Å². The van der Waals surface area contributed by atoms with Crippen LogP contribution in [0.4, 0.5) is 0 Å². The van der Waals surface area contributed by atoms with Crippen LogP contribution in [-0.2, 0) is 0 Å². The van der Waals surface area contributed by atoms with Gasteiger partial charge in [-0.15, -0.1) is 0 Å². The summed E-state index contributed by atoms with van der Waals surface area (Å²) in [5.74, 6) is 5.48. The van der Waals surface area contributed by atoms with Crippen LogP contribution < -0.4 is 0 Å². The van der Waals surface area contributed by atoms with Crippen LogP contribution in [0.15, 0.2) is 0 Å². The number of thioether (sulfide) groups is 2. The second-order valence-corrected chi connectivity index (χ2v) is 7.45. The highest BCUT2D eigenvalue weighted by atomic mass is 32.2. The summed E-state index contributed by atoms with van der Waals surface area (Å²) in [5.41, 5.74) is 0. The molecule has 1 heterocycles. The zero-order valence-corrected chi connectivity index (χ0v) is 12.5. The van der Waals surface area contributed by atoms with Crippen molar-refractivity contribution in [3.63, 3.8) is 0 Å². The highest BCUT2D eigenvalue weighted by Crippen LogP contribution is 2.45. The van der Waals surface area contributed by atoms with E-state index in [1.54, 1.807) is 0 Å². The molecule has 5 heteroatoms. The number of thiol groups is 3. The van der Waals surface area contributed by atoms with Gasteiger partial charge in [0, 0.05) is 27.3 Å². The fourth-order valence-corrected chi connectivity index (χ4v) is 6.80. The van der Waals surface area contributed by atoms with Crippen molar-refractivity contribution in [2.75, 3.05) is 28.8 Å². The van der Waals surface area contributed by atoms with E-state index in [9.17, 15) is 0 Å². The second-order valence-electron chi connectivity index (χ2n) is 3.42. The van der Waals surface area contributed by atoms with E-state index in [1.807, 2.05) is 0 Å². The average Bonchev–Trinajstić information content (AvgIpc) is 2.22. The van der Waals surface area contributed by atoms with Crippen LogP contribution in [0.5, 0.6) is 0 Å². The smallest absolute Gasteiger partial charge is 0.0374 e. The summed E-state index contributed by atoms with van der Waals surface area (Å²) in [4.78, 5) is 0. The van der Waals surface area contributed by atoms with Crippen molar-refractivity contribution in [1.82, 2.24) is 0 Å². The number of rotatable bonds is 5. The van der Waals surface area contributed by atoms with Crippen molar-refractivity contribution in [1.29, 1.82) is 0 Å². The van der Waals surface area contributed by atoms with Crippen LogP contribution in [0.25, 0.3) is 0 Å². The molecule has 1 rings (SSSR count). The Morgan fingerprint density at radius 3 is 2.50 bits per heavy atom. The lowest BCUT2D eigenvalue weighted by molar-refractivity contribution is 0.589. The molecule has 0 aromatic heterocycles. The van der Waals surface area contributed by atoms with Crippen LogP contribution in [-0.4, -0.2) is 38.8 Å². The molecule has 1 aliphatic heterocycles. The first-order chi connectivity index (χ1) is 6.79. The van der Waals surface area contributed by atoms with Crippen molar-refractivity contribution >= 4 is 61.4 Å². The van der Waals surface area contributed by atoms with Crippen molar-refractivity contribution in [3.8, 4) is 0 Å². The summed E-state index contributed by atoms with van der Waals surface area (Å²) in [6.07, 6.45) is 2.38. The summed E-state index contributed by atoms with van der Waals surface area (Å²) < 4.78 is 0.358. The van der Waals surface area contributed by atoms with Gasteiger partial charge in [-0.05, 0) is 24.3 Å². The number of hydrogen-bond donors (Lipinski definition) is 3. The van der Waals surface area contributed by atoms with Crippen LogP contribution in [0, 0.1) is 0 Å². The lowest BCUT2D eigenvalue weighted by Crippen LogP contribution is -2.43. The highest BCUT2D eigenvalue weighted by Gasteiger charge is 2.39. The molecule has 1 fully saturated rings. The molecule has 0 radical (unpaired) electrons. The van der Waals surface area contributed by atoms with Crippen LogP contribution in [0.1, 0.15) is 12.8 Å². The first-order valence-corrected chi connectivity index (χ1v) is 8.80. The second kappa shape index (κ2) is 7.15. The molecule has 0 aromatic rings. The van der Waals surface area contributed by atoms with E-state index in [-0.39, 0.29) is 0 Å². The topological polar surface area (TPSA) is 0 Å². The monoisotopic (exact) mass is 286 g/mol. The Labute approximate surface area is 112 Å². The van der Waals surface area contributed by atoms with Gasteiger partial charge in [0.1, 0.15) is 0 Å². The molecule has 0 aromatic carbocycles. The van der Waals surface area contributed by atoms with Crippen molar-refractivity contribution < 1.29 is 0 Å². The lowest BCUT2D eigenvalue weighted by Gasteiger charge is -2.42. The minimum atomic E-state index is 0.358. The molecule has 0 aliphatic carbocycles. The maximum atomic E-state index is 4.54. The van der Waals surface area contributed by atoms with Crippen molar-refractivity contribution in [2.45, 2.75) is 22.8 Å². The molecule has 1 aliphatic rings. The first-order valence-electron chi connectivity index (χ1n) is 4.87. The Morgan fingerprint density at radius 1 is 1.14 bits per heavy atom. The zero-order valence-electron chi connectivity index (χ0n) is 8.19. The molecule has 2 unspecified atom stereocenters. The number of hydrogen-bond acceptors (Lipinski definition) is 5. The molecule has 0 N–H and O–H groups in total. The molecular weight excluding hydrogens is 268 g/mol. The molecular formula is C9H18S5. The SMILES string of the molecule is SCCC1SCCSC1(CS)CCS. The van der Waals surface area contributed by atoms with Gasteiger partial charge in [0.15, 0.2) is 0 Å². The van der Waals surface area contributed by atoms with Gasteiger partial charge in [-0.2, -0.15) is 61.4 Å². The third-order valence-electron chi connectivity index (χ3n) is 2.57. The van der Waals surface area contributed by atoms with E-state index in [1.165, 1.54) is 24.3 Å². The Bertz CT molecular complexity index is 157. The van der Waals surface area contributed by atoms with Gasteiger partial charge in [-0.1, -0.05) is 0 Å². The van der Waals surface area contributed by atoms with E-state index in [0.717, 1.165) is 22.5 Å². The highest BCUT2D eigenvalue weighted by molar-refractivity contribution is 8.08. The zero-order chi connectivity index (χ0) is 10.4. The van der Waals surface area contributed by atoms with E-state index in [0.29, 0.717) is 4.75 Å². The minimum Gasteiger partial charge on any atom is -0.179 e. The molecule has 0 amide bonds.